The molecule has 0 saturated carbocycles. The van der Waals surface area contributed by atoms with Crippen LogP contribution in [0.5, 0.6) is 0 Å². The number of fused-ring (bicyclic) bond motifs is 2. The van der Waals surface area contributed by atoms with Crippen LogP contribution in [0.3, 0.4) is 0 Å². The molecule has 30 heavy (non-hydrogen) atoms. The molecule has 154 valence electrons. The third-order valence-corrected chi connectivity index (χ3v) is 6.62. The van der Waals surface area contributed by atoms with Crippen molar-refractivity contribution in [1.29, 1.82) is 0 Å². The van der Waals surface area contributed by atoms with E-state index < -0.39 is 0 Å². The summed E-state index contributed by atoms with van der Waals surface area (Å²) in [5.41, 5.74) is 3.12. The van der Waals surface area contributed by atoms with Crippen molar-refractivity contribution >= 4 is 28.6 Å². The normalized spacial score (nSPS) is 15.6. The second-order valence-electron chi connectivity index (χ2n) is 7.52. The molecule has 1 unspecified atom stereocenters. The highest BCUT2D eigenvalue weighted by Gasteiger charge is 2.26. The van der Waals surface area contributed by atoms with Crippen molar-refractivity contribution in [3.63, 3.8) is 0 Å². The summed E-state index contributed by atoms with van der Waals surface area (Å²) in [6.07, 6.45) is 4.80. The number of aromatic nitrogens is 2. The maximum Gasteiger partial charge on any atom is 0.262 e. The van der Waals surface area contributed by atoms with E-state index in [1.165, 1.54) is 22.9 Å². The molecule has 1 atom stereocenters. The van der Waals surface area contributed by atoms with E-state index in [0.29, 0.717) is 22.6 Å². The van der Waals surface area contributed by atoms with Gasteiger partial charge in [-0.25, -0.2) is 4.98 Å². The number of hydrogen-bond acceptors (Lipinski definition) is 4. The van der Waals surface area contributed by atoms with Crippen LogP contribution in [0.4, 0.5) is 0 Å². The van der Waals surface area contributed by atoms with Crippen molar-refractivity contribution < 1.29 is 4.79 Å². The number of carbonyl (C=O) groups is 1. The monoisotopic (exact) mass is 419 g/mol. The molecule has 0 spiro atoms. The number of para-hydroxylation sites is 1. The Labute approximate surface area is 180 Å². The first-order valence-electron chi connectivity index (χ1n) is 10.2. The van der Waals surface area contributed by atoms with E-state index in [9.17, 15) is 9.59 Å². The van der Waals surface area contributed by atoms with E-state index >= 15 is 0 Å². The molecule has 2 aromatic carbocycles. The molecule has 3 aromatic rings. The molecule has 0 bridgehead atoms. The van der Waals surface area contributed by atoms with E-state index in [1.54, 1.807) is 16.7 Å². The van der Waals surface area contributed by atoms with Crippen LogP contribution < -0.4 is 5.56 Å². The standard InChI is InChI=1S/C24H25N3O2S/c1-3-15-27-23(29)19-12-6-7-13-20(19)25-24(27)30-16-22(28)26(2)21-14-8-10-17-9-4-5-11-18(17)21/h3-7,9,11-13,21H,1,8,10,14-16H2,2H3. The third kappa shape index (κ3) is 3.92. The summed E-state index contributed by atoms with van der Waals surface area (Å²) in [4.78, 5) is 32.4. The number of allylic oxidation sites excluding steroid dienone is 1. The lowest BCUT2D eigenvalue weighted by molar-refractivity contribution is -0.129. The lowest BCUT2D eigenvalue weighted by Gasteiger charge is -2.33. The van der Waals surface area contributed by atoms with Gasteiger partial charge >= 0.3 is 0 Å². The fraction of sp³-hybridized carbons (Fsp3) is 0.292. The summed E-state index contributed by atoms with van der Waals surface area (Å²) in [5, 5.41) is 1.12. The van der Waals surface area contributed by atoms with Gasteiger partial charge in [0.1, 0.15) is 0 Å². The van der Waals surface area contributed by atoms with E-state index in [2.05, 4.69) is 29.8 Å². The Morgan fingerprint density at radius 3 is 2.87 bits per heavy atom. The zero-order valence-corrected chi connectivity index (χ0v) is 17.9. The van der Waals surface area contributed by atoms with Crippen molar-refractivity contribution in [2.24, 2.45) is 0 Å². The summed E-state index contributed by atoms with van der Waals surface area (Å²) in [6.45, 7) is 4.11. The minimum Gasteiger partial charge on any atom is -0.338 e. The minimum atomic E-state index is -0.106. The van der Waals surface area contributed by atoms with Crippen LogP contribution in [0, 0.1) is 0 Å². The summed E-state index contributed by atoms with van der Waals surface area (Å²) in [5.74, 6) is 0.270. The van der Waals surface area contributed by atoms with Gasteiger partial charge in [-0.2, -0.15) is 0 Å². The molecule has 0 fully saturated rings. The Balaban J connectivity index is 1.55. The van der Waals surface area contributed by atoms with Crippen LogP contribution in [-0.4, -0.2) is 33.2 Å². The Bertz CT molecular complexity index is 1150. The van der Waals surface area contributed by atoms with Crippen molar-refractivity contribution in [3.8, 4) is 0 Å². The molecule has 0 aliphatic heterocycles. The van der Waals surface area contributed by atoms with Gasteiger partial charge in [-0.1, -0.05) is 54.2 Å². The fourth-order valence-corrected chi connectivity index (χ4v) is 5.01. The van der Waals surface area contributed by atoms with Crippen molar-refractivity contribution in [1.82, 2.24) is 14.5 Å². The van der Waals surface area contributed by atoms with Crippen LogP contribution in [-0.2, 0) is 17.8 Å². The maximum absolute atomic E-state index is 13.0. The van der Waals surface area contributed by atoms with Gasteiger partial charge < -0.3 is 4.90 Å². The zero-order chi connectivity index (χ0) is 21.1. The zero-order valence-electron chi connectivity index (χ0n) is 17.1. The van der Waals surface area contributed by atoms with Gasteiger partial charge in [-0.15, -0.1) is 6.58 Å². The predicted molar refractivity (Wildman–Crippen MR) is 122 cm³/mol. The van der Waals surface area contributed by atoms with Crippen molar-refractivity contribution in [3.05, 3.63) is 82.7 Å². The van der Waals surface area contributed by atoms with Gasteiger partial charge in [0.2, 0.25) is 5.91 Å². The maximum atomic E-state index is 13.0. The number of aryl methyl sites for hydroxylation is 1. The van der Waals surface area contributed by atoms with Crippen LogP contribution >= 0.6 is 11.8 Å². The van der Waals surface area contributed by atoms with E-state index in [0.717, 1.165) is 19.3 Å². The largest absolute Gasteiger partial charge is 0.338 e. The lowest BCUT2D eigenvalue weighted by atomic mass is 9.87. The lowest BCUT2D eigenvalue weighted by Crippen LogP contribution is -2.34. The average molecular weight is 420 g/mol. The molecule has 0 N–H and O–H groups in total. The van der Waals surface area contributed by atoms with Crippen LogP contribution in [0.25, 0.3) is 10.9 Å². The Morgan fingerprint density at radius 2 is 2.03 bits per heavy atom. The number of carbonyl (C=O) groups excluding carboxylic acids is 1. The summed E-state index contributed by atoms with van der Waals surface area (Å²) < 4.78 is 1.59. The molecule has 1 heterocycles. The second-order valence-corrected chi connectivity index (χ2v) is 8.46. The molecule has 5 nitrogen and oxygen atoms in total. The van der Waals surface area contributed by atoms with Gasteiger partial charge in [0, 0.05) is 13.6 Å². The molecule has 6 heteroatoms. The average Bonchev–Trinajstić information content (AvgIpc) is 2.78. The first-order chi connectivity index (χ1) is 14.6. The number of benzene rings is 2. The third-order valence-electron chi connectivity index (χ3n) is 5.66. The molecule has 1 aliphatic rings. The topological polar surface area (TPSA) is 55.2 Å². The molecule has 4 rings (SSSR count). The van der Waals surface area contributed by atoms with Gasteiger partial charge in [0.25, 0.3) is 5.56 Å². The van der Waals surface area contributed by atoms with E-state index in [4.69, 9.17) is 0 Å². The van der Waals surface area contributed by atoms with E-state index in [-0.39, 0.29) is 23.3 Å². The van der Waals surface area contributed by atoms with Gasteiger partial charge in [0.15, 0.2) is 5.16 Å². The highest BCUT2D eigenvalue weighted by molar-refractivity contribution is 7.99. The number of nitrogens with zero attached hydrogens (tertiary/aromatic N) is 3. The first-order valence-corrected chi connectivity index (χ1v) is 11.2. The molecule has 0 saturated heterocycles. The number of hydrogen-bond donors (Lipinski definition) is 0. The number of thioether (sulfide) groups is 1. The first kappa shape index (κ1) is 20.4. The SMILES string of the molecule is C=CCn1c(SCC(=O)N(C)C2CCCc3ccccc32)nc2ccccc2c1=O. The summed E-state index contributed by atoms with van der Waals surface area (Å²) >= 11 is 1.31. The summed E-state index contributed by atoms with van der Waals surface area (Å²) in [6, 6.07) is 15.8. The number of rotatable bonds is 6. The Morgan fingerprint density at radius 1 is 1.27 bits per heavy atom. The van der Waals surface area contributed by atoms with Crippen LogP contribution in [0.2, 0.25) is 0 Å². The molecule has 1 aromatic heterocycles. The number of amides is 1. The Kier molecular flexibility index (Phi) is 6.04. The Hall–Kier alpha value is -2.86. The minimum absolute atomic E-state index is 0.0364. The van der Waals surface area contributed by atoms with Crippen LogP contribution in [0.1, 0.15) is 30.0 Å². The molecular weight excluding hydrogens is 394 g/mol. The fourth-order valence-electron chi connectivity index (χ4n) is 4.08. The predicted octanol–water partition coefficient (Wildman–Crippen LogP) is 4.21. The molecule has 1 aliphatic carbocycles. The van der Waals surface area contributed by atoms with Crippen LogP contribution in [0.15, 0.2) is 71.1 Å². The molecule has 0 radical (unpaired) electrons. The van der Waals surface area contributed by atoms with E-state index in [1.807, 2.05) is 36.2 Å². The molecule has 1 amide bonds. The van der Waals surface area contributed by atoms with Crippen molar-refractivity contribution in [2.75, 3.05) is 12.8 Å². The van der Waals surface area contributed by atoms with Crippen molar-refractivity contribution in [2.45, 2.75) is 37.0 Å². The quantitative estimate of drug-likeness (QED) is 0.341. The van der Waals surface area contributed by atoms with Gasteiger partial charge in [0.05, 0.1) is 22.7 Å². The smallest absolute Gasteiger partial charge is 0.262 e. The highest BCUT2D eigenvalue weighted by atomic mass is 32.2. The van der Waals surface area contributed by atoms with Gasteiger partial charge in [-0.3, -0.25) is 14.2 Å². The molecular formula is C24H25N3O2S. The van der Waals surface area contributed by atoms with Gasteiger partial charge in [-0.05, 0) is 42.5 Å². The highest BCUT2D eigenvalue weighted by Crippen LogP contribution is 2.34. The second kappa shape index (κ2) is 8.88. The summed E-state index contributed by atoms with van der Waals surface area (Å²) in [7, 11) is 1.88.